The minimum absolute atomic E-state index is 0.0284. The van der Waals surface area contributed by atoms with Crippen LogP contribution in [0.1, 0.15) is 43.5 Å². The largest absolute Gasteiger partial charge is 0.484 e. The maximum atomic E-state index is 12.5. The molecule has 1 aromatic carbocycles. The molecule has 2 aliphatic heterocycles. The van der Waals surface area contributed by atoms with Gasteiger partial charge in [0.05, 0.1) is 0 Å². The molecule has 0 aromatic heterocycles. The highest BCUT2D eigenvalue weighted by Crippen LogP contribution is 2.23. The summed E-state index contributed by atoms with van der Waals surface area (Å²) in [4.78, 5) is 26.5. The molecule has 142 valence electrons. The number of carbonyl (C=O) groups is 2. The van der Waals surface area contributed by atoms with Crippen LogP contribution in [0.2, 0.25) is 0 Å². The van der Waals surface area contributed by atoms with Crippen LogP contribution >= 0.6 is 0 Å². The molecule has 0 saturated carbocycles. The quantitative estimate of drug-likeness (QED) is 0.813. The smallest absolute Gasteiger partial charge is 0.260 e. The van der Waals surface area contributed by atoms with E-state index in [1.165, 1.54) is 6.42 Å². The summed E-state index contributed by atoms with van der Waals surface area (Å²) in [6.07, 6.45) is 3.28. The Labute approximate surface area is 155 Å². The lowest BCUT2D eigenvalue weighted by Gasteiger charge is -2.38. The molecule has 2 atom stereocenters. The van der Waals surface area contributed by atoms with E-state index < -0.39 is 0 Å². The van der Waals surface area contributed by atoms with Gasteiger partial charge in [-0.3, -0.25) is 9.59 Å². The number of rotatable bonds is 6. The summed E-state index contributed by atoms with van der Waals surface area (Å²) in [5, 5.41) is 6.13. The molecule has 6 heteroatoms. The maximum Gasteiger partial charge on any atom is 0.260 e. The summed E-state index contributed by atoms with van der Waals surface area (Å²) in [6.45, 7) is 6.87. The summed E-state index contributed by atoms with van der Waals surface area (Å²) in [5.74, 6) is 1.10. The first-order valence-corrected chi connectivity index (χ1v) is 9.57. The van der Waals surface area contributed by atoms with Gasteiger partial charge in [0.1, 0.15) is 5.75 Å². The van der Waals surface area contributed by atoms with Crippen LogP contribution in [-0.2, 0) is 4.79 Å². The average molecular weight is 359 g/mol. The van der Waals surface area contributed by atoms with Crippen molar-refractivity contribution in [3.05, 3.63) is 29.8 Å². The van der Waals surface area contributed by atoms with Crippen molar-refractivity contribution in [2.24, 2.45) is 5.92 Å². The van der Waals surface area contributed by atoms with Gasteiger partial charge in [0, 0.05) is 43.2 Å². The maximum absolute atomic E-state index is 12.5. The fraction of sp³-hybridized carbons (Fsp3) is 0.600. The number of ether oxygens (including phenoxy) is 1. The van der Waals surface area contributed by atoms with Gasteiger partial charge in [-0.1, -0.05) is 0 Å². The molecule has 0 aliphatic carbocycles. The van der Waals surface area contributed by atoms with Crippen molar-refractivity contribution >= 4 is 11.8 Å². The molecule has 2 aliphatic rings. The fourth-order valence-electron chi connectivity index (χ4n) is 3.67. The van der Waals surface area contributed by atoms with Gasteiger partial charge in [-0.05, 0) is 57.4 Å². The predicted molar refractivity (Wildman–Crippen MR) is 100 cm³/mol. The first-order valence-electron chi connectivity index (χ1n) is 9.57. The van der Waals surface area contributed by atoms with E-state index in [9.17, 15) is 9.59 Å². The first-order chi connectivity index (χ1) is 12.5. The summed E-state index contributed by atoms with van der Waals surface area (Å²) >= 11 is 0. The zero-order valence-electron chi connectivity index (χ0n) is 15.7. The van der Waals surface area contributed by atoms with Crippen LogP contribution in [0.25, 0.3) is 0 Å². The summed E-state index contributed by atoms with van der Waals surface area (Å²) in [7, 11) is 0. The topological polar surface area (TPSA) is 70.7 Å². The van der Waals surface area contributed by atoms with Crippen LogP contribution in [0.4, 0.5) is 0 Å². The number of piperidine rings is 1. The van der Waals surface area contributed by atoms with Crippen molar-refractivity contribution in [1.29, 1.82) is 0 Å². The monoisotopic (exact) mass is 359 g/mol. The fourth-order valence-corrected chi connectivity index (χ4v) is 3.67. The number of nitrogens with one attached hydrogen (secondary N) is 2. The molecule has 2 unspecified atom stereocenters. The van der Waals surface area contributed by atoms with Crippen molar-refractivity contribution in [3.8, 4) is 5.75 Å². The summed E-state index contributed by atoms with van der Waals surface area (Å²) < 4.78 is 5.65. The van der Waals surface area contributed by atoms with Crippen molar-refractivity contribution < 1.29 is 14.3 Å². The minimum Gasteiger partial charge on any atom is -0.484 e. The summed E-state index contributed by atoms with van der Waals surface area (Å²) in [6, 6.07) is 7.51. The Morgan fingerprint density at radius 1 is 1.15 bits per heavy atom. The van der Waals surface area contributed by atoms with Crippen LogP contribution in [0.3, 0.4) is 0 Å². The third-order valence-electron chi connectivity index (χ3n) is 5.38. The zero-order valence-corrected chi connectivity index (χ0v) is 15.7. The second kappa shape index (κ2) is 8.54. The lowest BCUT2D eigenvalue weighted by molar-refractivity contribution is -0.139. The minimum atomic E-state index is -0.0736. The molecule has 2 amide bonds. The number of benzene rings is 1. The Balaban J connectivity index is 1.47. The number of likely N-dealkylation sites (tertiary alicyclic amines) is 1. The number of carbonyl (C=O) groups excluding carboxylic acids is 2. The van der Waals surface area contributed by atoms with E-state index in [1.54, 1.807) is 24.3 Å². The van der Waals surface area contributed by atoms with Crippen LogP contribution < -0.4 is 15.4 Å². The second-order valence-electron chi connectivity index (χ2n) is 7.48. The highest BCUT2D eigenvalue weighted by molar-refractivity contribution is 5.94. The Morgan fingerprint density at radius 2 is 1.81 bits per heavy atom. The van der Waals surface area contributed by atoms with Crippen molar-refractivity contribution in [2.75, 3.05) is 26.2 Å². The molecule has 0 bridgehead atoms. The number of hydrogen-bond acceptors (Lipinski definition) is 4. The van der Waals surface area contributed by atoms with Gasteiger partial charge < -0.3 is 20.3 Å². The molecule has 2 heterocycles. The van der Waals surface area contributed by atoms with Crippen molar-refractivity contribution in [1.82, 2.24) is 15.5 Å². The molecular weight excluding hydrogens is 330 g/mol. The van der Waals surface area contributed by atoms with Gasteiger partial charge in [0.2, 0.25) is 0 Å². The average Bonchev–Trinajstić information content (AvgIpc) is 2.59. The molecule has 1 aromatic rings. The van der Waals surface area contributed by atoms with E-state index in [0.29, 0.717) is 23.8 Å². The molecule has 0 radical (unpaired) electrons. The Hall–Kier alpha value is -2.08. The number of amides is 2. The van der Waals surface area contributed by atoms with Gasteiger partial charge in [-0.2, -0.15) is 0 Å². The van der Waals surface area contributed by atoms with Gasteiger partial charge >= 0.3 is 0 Å². The second-order valence-corrected chi connectivity index (χ2v) is 7.48. The lowest BCUT2D eigenvalue weighted by Crippen LogP contribution is -2.49. The van der Waals surface area contributed by atoms with Crippen molar-refractivity contribution in [3.63, 3.8) is 0 Å². The SMILES string of the molecule is CC1CCCC(C)N1C(=O)COc1ccc(C(=O)NCC2CNC2)cc1. The highest BCUT2D eigenvalue weighted by atomic mass is 16.5. The standard InChI is InChI=1S/C20H29N3O3/c1-14-4-3-5-15(2)23(14)19(24)13-26-18-8-6-17(7-9-18)20(25)22-12-16-10-21-11-16/h6-9,14-16,21H,3-5,10-13H2,1-2H3,(H,22,25). The highest BCUT2D eigenvalue weighted by Gasteiger charge is 2.29. The first kappa shape index (κ1) is 18.7. The Bertz CT molecular complexity index is 618. The molecule has 3 rings (SSSR count). The number of nitrogens with zero attached hydrogens (tertiary/aromatic N) is 1. The molecule has 6 nitrogen and oxygen atoms in total. The molecular formula is C20H29N3O3. The molecule has 2 N–H and O–H groups in total. The molecule has 0 spiro atoms. The van der Waals surface area contributed by atoms with Gasteiger partial charge in [0.15, 0.2) is 6.61 Å². The zero-order chi connectivity index (χ0) is 18.5. The third kappa shape index (κ3) is 4.55. The van der Waals surface area contributed by atoms with Gasteiger partial charge in [-0.15, -0.1) is 0 Å². The van der Waals surface area contributed by atoms with Crippen molar-refractivity contribution in [2.45, 2.75) is 45.2 Å². The van der Waals surface area contributed by atoms with Gasteiger partial charge in [0.25, 0.3) is 11.8 Å². The molecule has 2 saturated heterocycles. The van der Waals surface area contributed by atoms with Crippen LogP contribution in [0, 0.1) is 5.92 Å². The van der Waals surface area contributed by atoms with Crippen LogP contribution in [0.5, 0.6) is 5.75 Å². The molecule has 26 heavy (non-hydrogen) atoms. The third-order valence-corrected chi connectivity index (χ3v) is 5.38. The number of hydrogen-bond donors (Lipinski definition) is 2. The summed E-state index contributed by atoms with van der Waals surface area (Å²) in [5.41, 5.74) is 0.606. The normalized spacial score (nSPS) is 23.2. The van der Waals surface area contributed by atoms with Crippen LogP contribution in [0.15, 0.2) is 24.3 Å². The lowest BCUT2D eigenvalue weighted by atomic mass is 9.97. The van der Waals surface area contributed by atoms with Gasteiger partial charge in [-0.25, -0.2) is 0 Å². The van der Waals surface area contributed by atoms with E-state index in [4.69, 9.17) is 4.74 Å². The Morgan fingerprint density at radius 3 is 2.38 bits per heavy atom. The van der Waals surface area contributed by atoms with E-state index in [2.05, 4.69) is 24.5 Å². The predicted octanol–water partition coefficient (Wildman–Crippen LogP) is 1.80. The van der Waals surface area contributed by atoms with E-state index in [-0.39, 0.29) is 30.5 Å². The van der Waals surface area contributed by atoms with Crippen LogP contribution in [-0.4, -0.2) is 55.0 Å². The molecule has 2 fully saturated rings. The van der Waals surface area contributed by atoms with E-state index >= 15 is 0 Å². The van der Waals surface area contributed by atoms with E-state index in [0.717, 1.165) is 25.9 Å². The Kier molecular flexibility index (Phi) is 6.14. The van der Waals surface area contributed by atoms with E-state index in [1.807, 2.05) is 4.90 Å².